The Morgan fingerprint density at radius 1 is 1.22 bits per heavy atom. The van der Waals surface area contributed by atoms with Crippen LogP contribution in [0.1, 0.15) is 13.8 Å². The molecule has 0 saturated heterocycles. The maximum Gasteiger partial charge on any atom is 0.231 e. The minimum absolute atomic E-state index is 0.277. The molecule has 6 heteroatoms. The molecule has 3 aromatic rings. The van der Waals surface area contributed by atoms with Crippen molar-refractivity contribution < 1.29 is 9.47 Å². The Labute approximate surface area is 134 Å². The summed E-state index contributed by atoms with van der Waals surface area (Å²) in [4.78, 5) is 8.94. The van der Waals surface area contributed by atoms with Gasteiger partial charge in [0.05, 0.1) is 11.9 Å². The highest BCUT2D eigenvalue weighted by Gasteiger charge is 2.16. The van der Waals surface area contributed by atoms with E-state index in [1.165, 1.54) is 0 Å². The summed E-state index contributed by atoms with van der Waals surface area (Å²) in [5.41, 5.74) is 2.84. The number of benzene rings is 1. The molecule has 23 heavy (non-hydrogen) atoms. The highest BCUT2D eigenvalue weighted by molar-refractivity contribution is 5.72. The Bertz CT molecular complexity index is 857. The molecule has 0 bridgehead atoms. The summed E-state index contributed by atoms with van der Waals surface area (Å²) in [5, 5.41) is 3.35. The molecule has 0 saturated carbocycles. The maximum atomic E-state index is 5.46. The number of rotatable bonds is 4. The van der Waals surface area contributed by atoms with E-state index in [-0.39, 0.29) is 6.79 Å². The lowest BCUT2D eigenvalue weighted by Gasteiger charge is -2.09. The van der Waals surface area contributed by atoms with Gasteiger partial charge in [0.1, 0.15) is 0 Å². The standard InChI is InChI=1S/C17H18N4O2/c1-11(2)8-19-16-17-20-9-13(21(17)6-5-18-16)12-3-4-14-15(7-12)23-10-22-14/h3-7,9,11H,8,10H2,1-2H3,(H,18,19). The van der Waals surface area contributed by atoms with Crippen molar-refractivity contribution in [3.8, 4) is 22.8 Å². The van der Waals surface area contributed by atoms with Crippen LogP contribution >= 0.6 is 0 Å². The molecule has 118 valence electrons. The summed E-state index contributed by atoms with van der Waals surface area (Å²) in [6.45, 7) is 5.46. The van der Waals surface area contributed by atoms with Gasteiger partial charge in [0.15, 0.2) is 23.0 Å². The SMILES string of the molecule is CC(C)CNc1nccn2c(-c3ccc4c(c3)OCO4)cnc12. The lowest BCUT2D eigenvalue weighted by atomic mass is 10.1. The second-order valence-corrected chi connectivity index (χ2v) is 5.96. The predicted molar refractivity (Wildman–Crippen MR) is 87.9 cm³/mol. The quantitative estimate of drug-likeness (QED) is 0.802. The van der Waals surface area contributed by atoms with Gasteiger partial charge >= 0.3 is 0 Å². The first-order valence-corrected chi connectivity index (χ1v) is 7.68. The van der Waals surface area contributed by atoms with E-state index in [0.29, 0.717) is 5.92 Å². The van der Waals surface area contributed by atoms with Crippen molar-refractivity contribution in [2.45, 2.75) is 13.8 Å². The van der Waals surface area contributed by atoms with Gasteiger partial charge in [-0.2, -0.15) is 0 Å². The van der Waals surface area contributed by atoms with Crippen molar-refractivity contribution in [1.82, 2.24) is 14.4 Å². The van der Waals surface area contributed by atoms with Crippen LogP contribution in [0, 0.1) is 5.92 Å². The van der Waals surface area contributed by atoms with Crippen LogP contribution in [0.25, 0.3) is 16.9 Å². The van der Waals surface area contributed by atoms with Crippen molar-refractivity contribution in [2.75, 3.05) is 18.7 Å². The third-order valence-corrected chi connectivity index (χ3v) is 3.77. The fraction of sp³-hybridized carbons (Fsp3) is 0.294. The summed E-state index contributed by atoms with van der Waals surface area (Å²) in [7, 11) is 0. The molecule has 1 N–H and O–H groups in total. The van der Waals surface area contributed by atoms with Crippen molar-refractivity contribution in [3.05, 3.63) is 36.8 Å². The summed E-state index contributed by atoms with van der Waals surface area (Å²) < 4.78 is 12.9. The smallest absolute Gasteiger partial charge is 0.231 e. The molecule has 0 fully saturated rings. The van der Waals surface area contributed by atoms with Crippen molar-refractivity contribution in [3.63, 3.8) is 0 Å². The van der Waals surface area contributed by atoms with E-state index in [4.69, 9.17) is 9.47 Å². The van der Waals surface area contributed by atoms with Crippen LogP contribution in [0.15, 0.2) is 36.8 Å². The van der Waals surface area contributed by atoms with E-state index in [1.807, 2.05) is 35.0 Å². The van der Waals surface area contributed by atoms with E-state index in [0.717, 1.165) is 40.8 Å². The number of hydrogen-bond donors (Lipinski definition) is 1. The van der Waals surface area contributed by atoms with Gasteiger partial charge in [0.2, 0.25) is 6.79 Å². The number of anilines is 1. The number of aromatic nitrogens is 3. The average Bonchev–Trinajstić information content (AvgIpc) is 3.18. The minimum atomic E-state index is 0.277. The summed E-state index contributed by atoms with van der Waals surface area (Å²) in [6, 6.07) is 5.92. The molecule has 1 aliphatic heterocycles. The van der Waals surface area contributed by atoms with Gasteiger partial charge in [-0.1, -0.05) is 13.8 Å². The molecule has 4 rings (SSSR count). The normalized spacial score (nSPS) is 13.0. The molecule has 3 heterocycles. The van der Waals surface area contributed by atoms with Crippen LogP contribution in [0.3, 0.4) is 0 Å². The number of ether oxygens (including phenoxy) is 2. The van der Waals surface area contributed by atoms with Crippen molar-refractivity contribution >= 4 is 11.5 Å². The van der Waals surface area contributed by atoms with Gasteiger partial charge in [0.25, 0.3) is 0 Å². The first kappa shape index (κ1) is 13.9. The molecular formula is C17H18N4O2. The first-order chi connectivity index (χ1) is 11.2. The fourth-order valence-electron chi connectivity index (χ4n) is 2.61. The number of nitrogens with one attached hydrogen (secondary N) is 1. The van der Waals surface area contributed by atoms with Crippen LogP contribution in [0.2, 0.25) is 0 Å². The van der Waals surface area contributed by atoms with Crippen molar-refractivity contribution in [2.24, 2.45) is 5.92 Å². The van der Waals surface area contributed by atoms with Gasteiger partial charge in [-0.15, -0.1) is 0 Å². The van der Waals surface area contributed by atoms with Gasteiger partial charge < -0.3 is 14.8 Å². The zero-order chi connectivity index (χ0) is 15.8. The largest absolute Gasteiger partial charge is 0.454 e. The number of nitrogens with zero attached hydrogens (tertiary/aromatic N) is 3. The number of hydrogen-bond acceptors (Lipinski definition) is 5. The van der Waals surface area contributed by atoms with E-state index in [1.54, 1.807) is 6.20 Å². The van der Waals surface area contributed by atoms with Crippen LogP contribution in [0.5, 0.6) is 11.5 Å². The van der Waals surface area contributed by atoms with Crippen LogP contribution in [0.4, 0.5) is 5.82 Å². The molecule has 0 radical (unpaired) electrons. The van der Waals surface area contributed by atoms with Crippen LogP contribution in [-0.4, -0.2) is 27.7 Å². The van der Waals surface area contributed by atoms with E-state index >= 15 is 0 Å². The Balaban J connectivity index is 1.75. The van der Waals surface area contributed by atoms with Gasteiger partial charge in [0, 0.05) is 24.5 Å². The zero-order valence-corrected chi connectivity index (χ0v) is 13.1. The van der Waals surface area contributed by atoms with Gasteiger partial charge in [-0.3, -0.25) is 4.40 Å². The Hall–Kier alpha value is -2.76. The van der Waals surface area contributed by atoms with E-state index in [9.17, 15) is 0 Å². The number of imidazole rings is 1. The van der Waals surface area contributed by atoms with Crippen LogP contribution in [-0.2, 0) is 0 Å². The van der Waals surface area contributed by atoms with E-state index in [2.05, 4.69) is 29.1 Å². The highest BCUT2D eigenvalue weighted by Crippen LogP contribution is 2.36. The zero-order valence-electron chi connectivity index (χ0n) is 13.1. The Kier molecular flexibility index (Phi) is 3.29. The lowest BCUT2D eigenvalue weighted by molar-refractivity contribution is 0.174. The third kappa shape index (κ3) is 2.46. The molecule has 1 aliphatic rings. The second-order valence-electron chi connectivity index (χ2n) is 5.96. The topological polar surface area (TPSA) is 60.7 Å². The van der Waals surface area contributed by atoms with Gasteiger partial charge in [-0.25, -0.2) is 9.97 Å². The monoisotopic (exact) mass is 310 g/mol. The summed E-state index contributed by atoms with van der Waals surface area (Å²) >= 11 is 0. The molecule has 0 amide bonds. The van der Waals surface area contributed by atoms with Gasteiger partial charge in [-0.05, 0) is 24.1 Å². The van der Waals surface area contributed by atoms with Crippen molar-refractivity contribution in [1.29, 1.82) is 0 Å². The molecular weight excluding hydrogens is 292 g/mol. The highest BCUT2D eigenvalue weighted by atomic mass is 16.7. The van der Waals surface area contributed by atoms with Crippen LogP contribution < -0.4 is 14.8 Å². The maximum absolute atomic E-state index is 5.46. The molecule has 0 unspecified atom stereocenters. The summed E-state index contributed by atoms with van der Waals surface area (Å²) in [6.07, 6.45) is 5.56. The minimum Gasteiger partial charge on any atom is -0.454 e. The molecule has 0 spiro atoms. The fourth-order valence-corrected chi connectivity index (χ4v) is 2.61. The number of fused-ring (bicyclic) bond motifs is 2. The second kappa shape index (κ2) is 5.46. The molecule has 2 aromatic heterocycles. The van der Waals surface area contributed by atoms with E-state index < -0.39 is 0 Å². The Morgan fingerprint density at radius 2 is 2.09 bits per heavy atom. The Morgan fingerprint density at radius 3 is 2.96 bits per heavy atom. The average molecular weight is 310 g/mol. The summed E-state index contributed by atoms with van der Waals surface area (Å²) in [5.74, 6) is 2.89. The third-order valence-electron chi connectivity index (χ3n) is 3.77. The molecule has 0 aliphatic carbocycles. The predicted octanol–water partition coefficient (Wildman–Crippen LogP) is 3.19. The molecule has 1 aromatic carbocycles. The molecule has 0 atom stereocenters. The lowest BCUT2D eigenvalue weighted by Crippen LogP contribution is -2.10. The first-order valence-electron chi connectivity index (χ1n) is 7.68. The molecule has 6 nitrogen and oxygen atoms in total.